The second kappa shape index (κ2) is 9.50. The maximum Gasteiger partial charge on any atom is 0.275 e. The molecular formula is C21H29N5O2. The van der Waals surface area contributed by atoms with Crippen molar-refractivity contribution < 1.29 is 9.53 Å². The first kappa shape index (κ1) is 20.1. The molecule has 1 aliphatic rings. The average Bonchev–Trinajstić information content (AvgIpc) is 3.23. The Morgan fingerprint density at radius 2 is 2.07 bits per heavy atom. The number of aromatic nitrogens is 2. The molecule has 1 aromatic heterocycles. The molecule has 28 heavy (non-hydrogen) atoms. The normalized spacial score (nSPS) is 16.0. The Labute approximate surface area is 166 Å². The van der Waals surface area contributed by atoms with Crippen LogP contribution in [0.15, 0.2) is 30.6 Å². The minimum atomic E-state index is -0.267. The van der Waals surface area contributed by atoms with Gasteiger partial charge in [-0.05, 0) is 57.4 Å². The van der Waals surface area contributed by atoms with Gasteiger partial charge in [0.15, 0.2) is 0 Å². The van der Waals surface area contributed by atoms with Crippen molar-refractivity contribution in [1.82, 2.24) is 9.97 Å². The van der Waals surface area contributed by atoms with E-state index in [1.165, 1.54) is 6.20 Å². The standard InChI is InChI=1S/C21H29N5O2/c1-4-26(5-2)16-8-9-18(15(3)11-16)25-21(27)19-13-24-20(14-22-19)23-12-17-7-6-10-28-17/h8-9,11,13-14,17H,4-7,10,12H2,1-3H3,(H,23,24)(H,25,27). The van der Waals surface area contributed by atoms with Gasteiger partial charge in [-0.2, -0.15) is 0 Å². The lowest BCUT2D eigenvalue weighted by molar-refractivity contribution is 0.102. The number of nitrogens with one attached hydrogen (secondary N) is 2. The number of nitrogens with zero attached hydrogens (tertiary/aromatic N) is 3. The van der Waals surface area contributed by atoms with E-state index in [1.807, 2.05) is 19.1 Å². The number of hydrogen-bond acceptors (Lipinski definition) is 6. The third kappa shape index (κ3) is 4.98. The van der Waals surface area contributed by atoms with Crippen LogP contribution in [0.3, 0.4) is 0 Å². The first-order valence-corrected chi connectivity index (χ1v) is 9.95. The molecule has 0 spiro atoms. The number of carbonyl (C=O) groups excluding carboxylic acids is 1. The van der Waals surface area contributed by atoms with Crippen LogP contribution >= 0.6 is 0 Å². The van der Waals surface area contributed by atoms with Gasteiger partial charge in [-0.25, -0.2) is 9.97 Å². The zero-order chi connectivity index (χ0) is 19.9. The fourth-order valence-corrected chi connectivity index (χ4v) is 3.32. The molecule has 150 valence electrons. The molecule has 1 atom stereocenters. The van der Waals surface area contributed by atoms with E-state index in [1.54, 1.807) is 6.20 Å². The van der Waals surface area contributed by atoms with Crippen molar-refractivity contribution in [3.8, 4) is 0 Å². The number of anilines is 3. The van der Waals surface area contributed by atoms with Gasteiger partial charge in [0, 0.05) is 37.6 Å². The van der Waals surface area contributed by atoms with Gasteiger partial charge in [0.05, 0.1) is 18.5 Å². The lowest BCUT2D eigenvalue weighted by Crippen LogP contribution is -2.22. The second-order valence-electron chi connectivity index (χ2n) is 6.93. The predicted octanol–water partition coefficient (Wildman–Crippen LogP) is 3.47. The number of ether oxygens (including phenoxy) is 1. The van der Waals surface area contributed by atoms with Gasteiger partial charge in [0.1, 0.15) is 11.5 Å². The van der Waals surface area contributed by atoms with Crippen molar-refractivity contribution in [3.63, 3.8) is 0 Å². The van der Waals surface area contributed by atoms with Crippen LogP contribution < -0.4 is 15.5 Å². The number of hydrogen-bond donors (Lipinski definition) is 2. The largest absolute Gasteiger partial charge is 0.376 e. The smallest absolute Gasteiger partial charge is 0.275 e. The van der Waals surface area contributed by atoms with Crippen molar-refractivity contribution in [2.75, 3.05) is 41.8 Å². The molecule has 0 aliphatic carbocycles. The fraction of sp³-hybridized carbons (Fsp3) is 0.476. The first-order valence-electron chi connectivity index (χ1n) is 9.95. The molecule has 1 aromatic carbocycles. The van der Waals surface area contributed by atoms with Crippen LogP contribution in [0.2, 0.25) is 0 Å². The van der Waals surface area contributed by atoms with Gasteiger partial charge >= 0.3 is 0 Å². The van der Waals surface area contributed by atoms with Crippen LogP contribution in [0.1, 0.15) is 42.7 Å². The minimum absolute atomic E-state index is 0.229. The van der Waals surface area contributed by atoms with Gasteiger partial charge in [-0.15, -0.1) is 0 Å². The van der Waals surface area contributed by atoms with E-state index in [2.05, 4.69) is 45.4 Å². The lowest BCUT2D eigenvalue weighted by atomic mass is 10.1. The maximum absolute atomic E-state index is 12.5. The Kier molecular flexibility index (Phi) is 6.81. The summed E-state index contributed by atoms with van der Waals surface area (Å²) in [5.74, 6) is 0.378. The first-order chi connectivity index (χ1) is 13.6. The highest BCUT2D eigenvalue weighted by Gasteiger charge is 2.15. The Bertz CT molecular complexity index is 784. The quantitative estimate of drug-likeness (QED) is 0.727. The topological polar surface area (TPSA) is 79.4 Å². The summed E-state index contributed by atoms with van der Waals surface area (Å²) in [4.78, 5) is 23.3. The molecule has 3 rings (SSSR count). The van der Waals surface area contributed by atoms with Crippen molar-refractivity contribution in [2.24, 2.45) is 0 Å². The highest BCUT2D eigenvalue weighted by atomic mass is 16.5. The van der Waals surface area contributed by atoms with Crippen molar-refractivity contribution in [2.45, 2.75) is 39.7 Å². The van der Waals surface area contributed by atoms with E-state index in [4.69, 9.17) is 4.74 Å². The number of carbonyl (C=O) groups is 1. The molecule has 7 heteroatoms. The van der Waals surface area contributed by atoms with Crippen LogP contribution in [0, 0.1) is 6.92 Å². The van der Waals surface area contributed by atoms with Crippen molar-refractivity contribution in [1.29, 1.82) is 0 Å². The van der Waals surface area contributed by atoms with E-state index >= 15 is 0 Å². The zero-order valence-electron chi connectivity index (χ0n) is 16.9. The summed E-state index contributed by atoms with van der Waals surface area (Å²) in [6.07, 6.45) is 5.47. The zero-order valence-corrected chi connectivity index (χ0v) is 16.9. The maximum atomic E-state index is 12.5. The monoisotopic (exact) mass is 383 g/mol. The van der Waals surface area contributed by atoms with Crippen LogP contribution in [0.25, 0.3) is 0 Å². The summed E-state index contributed by atoms with van der Waals surface area (Å²) in [7, 11) is 0. The molecule has 0 bridgehead atoms. The van der Waals surface area contributed by atoms with Crippen LogP contribution in [-0.2, 0) is 4.74 Å². The fourth-order valence-electron chi connectivity index (χ4n) is 3.32. The van der Waals surface area contributed by atoms with Gasteiger partial charge in [0.2, 0.25) is 0 Å². The van der Waals surface area contributed by atoms with E-state index < -0.39 is 0 Å². The molecule has 0 radical (unpaired) electrons. The summed E-state index contributed by atoms with van der Waals surface area (Å²) in [5.41, 5.74) is 3.24. The number of benzene rings is 1. The molecule has 2 N–H and O–H groups in total. The Hall–Kier alpha value is -2.67. The predicted molar refractivity (Wildman–Crippen MR) is 112 cm³/mol. The SMILES string of the molecule is CCN(CC)c1ccc(NC(=O)c2cnc(NCC3CCCO3)cn2)c(C)c1. The molecule has 1 fully saturated rings. The summed E-state index contributed by atoms with van der Waals surface area (Å²) >= 11 is 0. The van der Waals surface area contributed by atoms with Crippen LogP contribution in [0.5, 0.6) is 0 Å². The average molecular weight is 383 g/mol. The molecule has 1 amide bonds. The van der Waals surface area contributed by atoms with Crippen LogP contribution in [-0.4, -0.2) is 48.2 Å². The van der Waals surface area contributed by atoms with E-state index in [0.717, 1.165) is 49.5 Å². The number of rotatable bonds is 8. The molecule has 2 aromatic rings. The van der Waals surface area contributed by atoms with Crippen molar-refractivity contribution >= 4 is 23.1 Å². The highest BCUT2D eigenvalue weighted by Crippen LogP contribution is 2.23. The van der Waals surface area contributed by atoms with Gasteiger partial charge < -0.3 is 20.3 Å². The van der Waals surface area contributed by atoms with E-state index in [-0.39, 0.29) is 17.7 Å². The van der Waals surface area contributed by atoms with E-state index in [0.29, 0.717) is 12.4 Å². The Morgan fingerprint density at radius 1 is 1.25 bits per heavy atom. The van der Waals surface area contributed by atoms with Gasteiger partial charge in [-0.3, -0.25) is 4.79 Å². The summed E-state index contributed by atoms with van der Waals surface area (Å²) < 4.78 is 5.57. The summed E-state index contributed by atoms with van der Waals surface area (Å²) in [6.45, 7) is 9.69. The Morgan fingerprint density at radius 3 is 2.68 bits per heavy atom. The third-order valence-electron chi connectivity index (χ3n) is 5.01. The van der Waals surface area contributed by atoms with Gasteiger partial charge in [0.25, 0.3) is 5.91 Å². The second-order valence-corrected chi connectivity index (χ2v) is 6.93. The van der Waals surface area contributed by atoms with Gasteiger partial charge in [-0.1, -0.05) is 0 Å². The minimum Gasteiger partial charge on any atom is -0.376 e. The third-order valence-corrected chi connectivity index (χ3v) is 5.01. The molecule has 7 nitrogen and oxygen atoms in total. The Balaban J connectivity index is 1.59. The summed E-state index contributed by atoms with van der Waals surface area (Å²) in [6, 6.07) is 6.05. The number of aryl methyl sites for hydroxylation is 1. The van der Waals surface area contributed by atoms with Crippen molar-refractivity contribution in [3.05, 3.63) is 41.9 Å². The molecule has 0 saturated carbocycles. The highest BCUT2D eigenvalue weighted by molar-refractivity contribution is 6.03. The summed E-state index contributed by atoms with van der Waals surface area (Å²) in [5, 5.41) is 6.13. The van der Waals surface area contributed by atoms with Crippen LogP contribution in [0.4, 0.5) is 17.2 Å². The molecule has 2 heterocycles. The van der Waals surface area contributed by atoms with E-state index in [9.17, 15) is 4.79 Å². The lowest BCUT2D eigenvalue weighted by Gasteiger charge is -2.22. The number of amides is 1. The molecule has 1 unspecified atom stereocenters. The molecular weight excluding hydrogens is 354 g/mol. The molecule has 1 saturated heterocycles. The molecule has 1 aliphatic heterocycles.